The molecule has 0 saturated carbocycles. The Balaban J connectivity index is 1.50. The third-order valence-electron chi connectivity index (χ3n) is 6.43. The molecule has 4 aromatic rings. The van der Waals surface area contributed by atoms with Crippen LogP contribution in [-0.4, -0.2) is 49.5 Å². The number of hydrogen-bond acceptors (Lipinski definition) is 5. The van der Waals surface area contributed by atoms with Crippen molar-refractivity contribution in [1.29, 1.82) is 0 Å². The fraction of sp³-hybridized carbons (Fsp3) is 0.308. The van der Waals surface area contributed by atoms with Crippen molar-refractivity contribution in [3.8, 4) is 11.3 Å². The van der Waals surface area contributed by atoms with Crippen molar-refractivity contribution in [2.24, 2.45) is 5.92 Å². The fourth-order valence-corrected chi connectivity index (χ4v) is 4.64. The number of benzene rings is 1. The van der Waals surface area contributed by atoms with Gasteiger partial charge in [-0.05, 0) is 43.4 Å². The Kier molecular flexibility index (Phi) is 5.77. The van der Waals surface area contributed by atoms with Gasteiger partial charge >= 0.3 is 0 Å². The van der Waals surface area contributed by atoms with E-state index in [1.54, 1.807) is 16.9 Å². The number of carbonyl (C=O) groups is 1. The Morgan fingerprint density at radius 1 is 1.09 bits per heavy atom. The number of pyridine rings is 1. The average molecular weight is 441 g/mol. The summed E-state index contributed by atoms with van der Waals surface area (Å²) >= 11 is 0. The highest BCUT2D eigenvalue weighted by atomic mass is 16.2. The monoisotopic (exact) mass is 440 g/mol. The van der Waals surface area contributed by atoms with E-state index < -0.39 is 0 Å². The highest BCUT2D eigenvalue weighted by Crippen LogP contribution is 2.31. The van der Waals surface area contributed by atoms with Crippen LogP contribution in [0.15, 0.2) is 67.1 Å². The molecule has 0 unspecified atom stereocenters. The quantitative estimate of drug-likeness (QED) is 0.496. The first-order chi connectivity index (χ1) is 16.1. The van der Waals surface area contributed by atoms with Crippen LogP contribution in [0.1, 0.15) is 35.7 Å². The number of nitrogens with one attached hydrogen (secondary N) is 1. The molecule has 1 aliphatic rings. The molecule has 1 aromatic carbocycles. The van der Waals surface area contributed by atoms with E-state index in [1.165, 1.54) is 0 Å². The predicted octanol–water partition coefficient (Wildman–Crippen LogP) is 4.45. The molecule has 3 aromatic heterocycles. The van der Waals surface area contributed by atoms with Gasteiger partial charge in [-0.25, -0.2) is 14.5 Å². The van der Waals surface area contributed by atoms with Crippen LogP contribution in [0.4, 0.5) is 5.95 Å². The first-order valence-corrected chi connectivity index (χ1v) is 11.5. The molecule has 0 radical (unpaired) electrons. The molecule has 4 heterocycles. The van der Waals surface area contributed by atoms with Crippen molar-refractivity contribution in [1.82, 2.24) is 24.5 Å². The lowest BCUT2D eigenvalue weighted by atomic mass is 9.89. The van der Waals surface area contributed by atoms with E-state index in [1.807, 2.05) is 66.6 Å². The van der Waals surface area contributed by atoms with Crippen molar-refractivity contribution in [2.45, 2.75) is 32.7 Å². The maximum absolute atomic E-state index is 14.1. The van der Waals surface area contributed by atoms with Crippen molar-refractivity contribution in [3.63, 3.8) is 0 Å². The first-order valence-electron chi connectivity index (χ1n) is 11.5. The summed E-state index contributed by atoms with van der Waals surface area (Å²) in [5.41, 5.74) is 4.17. The number of aromatic nitrogens is 4. The van der Waals surface area contributed by atoms with Gasteiger partial charge in [0.2, 0.25) is 5.95 Å². The second kappa shape index (κ2) is 9.02. The van der Waals surface area contributed by atoms with E-state index >= 15 is 0 Å². The topological polar surface area (TPSA) is 75.4 Å². The van der Waals surface area contributed by atoms with E-state index in [-0.39, 0.29) is 11.9 Å². The zero-order valence-electron chi connectivity index (χ0n) is 19.0. The molecule has 1 fully saturated rings. The van der Waals surface area contributed by atoms with E-state index in [9.17, 15) is 4.79 Å². The second-order valence-electron chi connectivity index (χ2n) is 8.77. The minimum Gasteiger partial charge on any atom is -0.352 e. The van der Waals surface area contributed by atoms with Crippen molar-refractivity contribution in [3.05, 3.63) is 78.2 Å². The van der Waals surface area contributed by atoms with Crippen LogP contribution in [0.5, 0.6) is 0 Å². The number of aryl methyl sites for hydroxylation is 1. The molecule has 5 rings (SSSR count). The molecule has 1 aliphatic heterocycles. The van der Waals surface area contributed by atoms with Crippen molar-refractivity contribution in [2.75, 3.05) is 18.4 Å². The summed E-state index contributed by atoms with van der Waals surface area (Å²) in [6.45, 7) is 5.52. The lowest BCUT2D eigenvalue weighted by molar-refractivity contribution is 0.0542. The van der Waals surface area contributed by atoms with Crippen molar-refractivity contribution >= 4 is 17.4 Å². The van der Waals surface area contributed by atoms with Crippen molar-refractivity contribution < 1.29 is 4.79 Å². The van der Waals surface area contributed by atoms with Crippen LogP contribution in [0.2, 0.25) is 0 Å². The molecular weight excluding hydrogens is 412 g/mol. The number of anilines is 1. The Hall–Kier alpha value is -3.74. The molecule has 1 amide bonds. The maximum atomic E-state index is 14.1. The Morgan fingerprint density at radius 3 is 2.64 bits per heavy atom. The SMILES string of the molecule is Cc1cnc(NC[C@@H]2[C@H](C)CCCN2C(=O)c2c(-c3ccccc3)nn3ccccc23)nc1. The molecule has 33 heavy (non-hydrogen) atoms. The van der Waals surface area contributed by atoms with E-state index in [0.29, 0.717) is 24.0 Å². The molecule has 2 atom stereocenters. The summed E-state index contributed by atoms with van der Waals surface area (Å²) in [5, 5.41) is 8.13. The van der Waals surface area contributed by atoms with Gasteiger partial charge in [0.15, 0.2) is 0 Å². The minimum absolute atomic E-state index is 0.0261. The summed E-state index contributed by atoms with van der Waals surface area (Å²) in [6, 6.07) is 15.8. The average Bonchev–Trinajstić information content (AvgIpc) is 3.24. The summed E-state index contributed by atoms with van der Waals surface area (Å²) in [7, 11) is 0. The predicted molar refractivity (Wildman–Crippen MR) is 129 cm³/mol. The van der Waals surface area contributed by atoms with Crippen LogP contribution in [0, 0.1) is 12.8 Å². The van der Waals surface area contributed by atoms with Gasteiger partial charge in [0.05, 0.1) is 17.1 Å². The number of nitrogens with zero attached hydrogens (tertiary/aromatic N) is 5. The van der Waals surface area contributed by atoms with Crippen LogP contribution in [0.3, 0.4) is 0 Å². The molecule has 1 saturated heterocycles. The Labute approximate surface area is 193 Å². The smallest absolute Gasteiger partial charge is 0.258 e. The normalized spacial score (nSPS) is 18.4. The molecular formula is C26H28N6O. The van der Waals surface area contributed by atoms with Gasteiger partial charge in [-0.2, -0.15) is 5.10 Å². The fourth-order valence-electron chi connectivity index (χ4n) is 4.64. The summed E-state index contributed by atoms with van der Waals surface area (Å²) in [5.74, 6) is 0.979. The summed E-state index contributed by atoms with van der Waals surface area (Å²) in [6.07, 6.45) is 7.57. The molecule has 168 valence electrons. The van der Waals surface area contributed by atoms with Gasteiger partial charge in [0.25, 0.3) is 5.91 Å². The Morgan fingerprint density at radius 2 is 1.85 bits per heavy atom. The first kappa shape index (κ1) is 21.1. The lowest BCUT2D eigenvalue weighted by Gasteiger charge is -2.40. The van der Waals surface area contributed by atoms with Gasteiger partial charge in [-0.15, -0.1) is 0 Å². The summed E-state index contributed by atoms with van der Waals surface area (Å²) < 4.78 is 1.80. The molecule has 1 N–H and O–H groups in total. The standard InChI is InChI=1S/C26H28N6O/c1-18-15-27-26(28-16-18)29-17-22-19(2)9-8-13-31(22)25(33)23-21-12-6-7-14-32(21)30-24(23)20-10-4-3-5-11-20/h3-7,10-12,14-16,19,22H,8-9,13,17H2,1-2H3,(H,27,28,29)/t19-,22-/m1/s1. The Bertz CT molecular complexity index is 1250. The molecule has 0 aliphatic carbocycles. The zero-order valence-corrected chi connectivity index (χ0v) is 19.0. The number of amides is 1. The largest absolute Gasteiger partial charge is 0.352 e. The van der Waals surface area contributed by atoms with Gasteiger partial charge < -0.3 is 10.2 Å². The second-order valence-corrected chi connectivity index (χ2v) is 8.77. The molecule has 0 spiro atoms. The number of hydrogen-bond donors (Lipinski definition) is 1. The van der Waals surface area contributed by atoms with E-state index in [4.69, 9.17) is 5.10 Å². The van der Waals surface area contributed by atoms with Crippen LogP contribution >= 0.6 is 0 Å². The third kappa shape index (κ3) is 4.18. The van der Waals surface area contributed by atoms with Crippen LogP contribution < -0.4 is 5.32 Å². The summed E-state index contributed by atoms with van der Waals surface area (Å²) in [4.78, 5) is 24.8. The number of fused-ring (bicyclic) bond motifs is 1. The van der Waals surface area contributed by atoms with Gasteiger partial charge in [0.1, 0.15) is 5.69 Å². The number of carbonyl (C=O) groups excluding carboxylic acids is 1. The number of rotatable bonds is 5. The zero-order chi connectivity index (χ0) is 22.8. The number of likely N-dealkylation sites (tertiary alicyclic amines) is 1. The molecule has 7 heteroatoms. The van der Waals surface area contributed by atoms with Gasteiger partial charge in [0, 0.05) is 37.2 Å². The maximum Gasteiger partial charge on any atom is 0.258 e. The highest BCUT2D eigenvalue weighted by Gasteiger charge is 2.35. The number of piperidine rings is 1. The van der Waals surface area contributed by atoms with Crippen LogP contribution in [-0.2, 0) is 0 Å². The third-order valence-corrected chi connectivity index (χ3v) is 6.43. The van der Waals surface area contributed by atoms with Crippen LogP contribution in [0.25, 0.3) is 16.8 Å². The minimum atomic E-state index is 0.0261. The molecule has 7 nitrogen and oxygen atoms in total. The highest BCUT2D eigenvalue weighted by molar-refractivity contribution is 6.06. The van der Waals surface area contributed by atoms with E-state index in [2.05, 4.69) is 22.2 Å². The van der Waals surface area contributed by atoms with Gasteiger partial charge in [-0.1, -0.05) is 43.3 Å². The van der Waals surface area contributed by atoms with E-state index in [0.717, 1.165) is 41.7 Å². The van der Waals surface area contributed by atoms with Gasteiger partial charge in [-0.3, -0.25) is 4.79 Å². The lowest BCUT2D eigenvalue weighted by Crippen LogP contribution is -2.51. The molecule has 0 bridgehead atoms.